The van der Waals surface area contributed by atoms with Crippen LogP contribution in [0.25, 0.3) is 0 Å². The van der Waals surface area contributed by atoms with Crippen molar-refractivity contribution in [1.29, 1.82) is 0 Å². The summed E-state index contributed by atoms with van der Waals surface area (Å²) >= 11 is 0. The second-order valence-electron chi connectivity index (χ2n) is 2.86. The Labute approximate surface area is 95.6 Å². The summed E-state index contributed by atoms with van der Waals surface area (Å²) in [4.78, 5) is 38.3. The molecule has 0 aromatic carbocycles. The van der Waals surface area contributed by atoms with Crippen molar-refractivity contribution < 1.29 is 29.4 Å². The summed E-state index contributed by atoms with van der Waals surface area (Å²) in [5, 5.41) is 17.1. The van der Waals surface area contributed by atoms with Crippen molar-refractivity contribution in [2.45, 2.75) is 32.5 Å². The SMILES string of the molecule is CCCCCOC(=O)C(O[N+](=O)[O-])O[N+](=O)[O-]. The molecule has 0 radical (unpaired) electrons. The van der Waals surface area contributed by atoms with E-state index in [1.54, 1.807) is 0 Å². The van der Waals surface area contributed by atoms with Gasteiger partial charge in [-0.2, -0.15) is 0 Å². The summed E-state index contributed by atoms with van der Waals surface area (Å²) in [6, 6.07) is 0. The lowest BCUT2D eigenvalue weighted by Gasteiger charge is -2.11. The molecule has 0 aliphatic heterocycles. The number of unbranched alkanes of at least 4 members (excludes halogenated alkanes) is 2. The van der Waals surface area contributed by atoms with Crippen molar-refractivity contribution in [2.75, 3.05) is 6.61 Å². The Balaban J connectivity index is 4.12. The molecule has 0 unspecified atom stereocenters. The van der Waals surface area contributed by atoms with Crippen LogP contribution in [0.3, 0.4) is 0 Å². The number of rotatable bonds is 9. The number of carbonyl (C=O) groups is 1. The number of hydrogen-bond donors (Lipinski definition) is 0. The summed E-state index contributed by atoms with van der Waals surface area (Å²) in [5.74, 6) is -1.31. The lowest BCUT2D eigenvalue weighted by Crippen LogP contribution is -2.33. The summed E-state index contributed by atoms with van der Waals surface area (Å²) in [7, 11) is 0. The predicted molar refractivity (Wildman–Crippen MR) is 50.4 cm³/mol. The van der Waals surface area contributed by atoms with Gasteiger partial charge in [-0.15, -0.1) is 20.2 Å². The van der Waals surface area contributed by atoms with Gasteiger partial charge in [0, 0.05) is 0 Å². The number of carbonyl (C=O) groups excluding carboxylic acids is 1. The molecule has 0 saturated carbocycles. The Morgan fingerprint density at radius 3 is 2.12 bits per heavy atom. The van der Waals surface area contributed by atoms with Crippen LogP contribution in [0.4, 0.5) is 0 Å². The van der Waals surface area contributed by atoms with E-state index in [1.807, 2.05) is 6.92 Å². The molecule has 0 aromatic heterocycles. The van der Waals surface area contributed by atoms with Crippen LogP contribution < -0.4 is 0 Å². The van der Waals surface area contributed by atoms with E-state index in [1.165, 1.54) is 0 Å². The molecule has 10 heteroatoms. The summed E-state index contributed by atoms with van der Waals surface area (Å²) in [5.41, 5.74) is 0. The monoisotopic (exact) mass is 252 g/mol. The normalized spacial score (nSPS) is 9.76. The van der Waals surface area contributed by atoms with Gasteiger partial charge in [0.25, 0.3) is 10.2 Å². The van der Waals surface area contributed by atoms with E-state index in [9.17, 15) is 25.0 Å². The second kappa shape index (κ2) is 8.07. The van der Waals surface area contributed by atoms with E-state index < -0.39 is 22.4 Å². The highest BCUT2D eigenvalue weighted by Crippen LogP contribution is 2.01. The Morgan fingerprint density at radius 2 is 1.71 bits per heavy atom. The molecule has 0 atom stereocenters. The van der Waals surface area contributed by atoms with Gasteiger partial charge in [-0.3, -0.25) is 9.68 Å². The molecule has 0 fully saturated rings. The first kappa shape index (κ1) is 14.9. The van der Waals surface area contributed by atoms with Crippen LogP contribution in [0, 0.1) is 20.2 Å². The molecule has 0 aromatic rings. The Bertz CT molecular complexity index is 265. The number of ether oxygens (including phenoxy) is 1. The van der Waals surface area contributed by atoms with Crippen molar-refractivity contribution in [2.24, 2.45) is 0 Å². The third-order valence-electron chi connectivity index (χ3n) is 1.55. The fourth-order valence-electron chi connectivity index (χ4n) is 0.855. The van der Waals surface area contributed by atoms with Crippen molar-refractivity contribution in [1.82, 2.24) is 0 Å². The quantitative estimate of drug-likeness (QED) is 0.190. The van der Waals surface area contributed by atoms with E-state index in [4.69, 9.17) is 0 Å². The maximum absolute atomic E-state index is 11.1. The Hall–Kier alpha value is -2.13. The van der Waals surface area contributed by atoms with Gasteiger partial charge in [0.1, 0.15) is 0 Å². The van der Waals surface area contributed by atoms with Crippen molar-refractivity contribution in [3.63, 3.8) is 0 Å². The fourth-order valence-corrected chi connectivity index (χ4v) is 0.855. The van der Waals surface area contributed by atoms with Gasteiger partial charge < -0.3 is 4.74 Å². The van der Waals surface area contributed by atoms with Crippen molar-refractivity contribution in [3.8, 4) is 0 Å². The molecule has 0 saturated heterocycles. The van der Waals surface area contributed by atoms with Crippen LogP contribution in [0.5, 0.6) is 0 Å². The molecule has 0 rings (SSSR count). The molecule has 0 aliphatic carbocycles. The molecule has 0 spiro atoms. The molecule has 0 N–H and O–H groups in total. The molecular formula is C7H12N2O8. The fraction of sp³-hybridized carbons (Fsp3) is 0.857. The average molecular weight is 252 g/mol. The van der Waals surface area contributed by atoms with Gasteiger partial charge in [-0.05, 0) is 6.42 Å². The van der Waals surface area contributed by atoms with Gasteiger partial charge in [0.2, 0.25) is 0 Å². The summed E-state index contributed by atoms with van der Waals surface area (Å²) < 4.78 is 4.51. The number of esters is 1. The van der Waals surface area contributed by atoms with E-state index >= 15 is 0 Å². The highest BCUT2D eigenvalue weighted by molar-refractivity contribution is 5.72. The van der Waals surface area contributed by atoms with Crippen molar-refractivity contribution in [3.05, 3.63) is 20.2 Å². The smallest absolute Gasteiger partial charge is 0.362 e. The molecule has 0 aliphatic rings. The van der Waals surface area contributed by atoms with Crippen LogP contribution in [0.2, 0.25) is 0 Å². The molecule has 98 valence electrons. The van der Waals surface area contributed by atoms with Crippen LogP contribution in [0.15, 0.2) is 0 Å². The third-order valence-corrected chi connectivity index (χ3v) is 1.55. The number of hydrogen-bond acceptors (Lipinski definition) is 8. The van der Waals surface area contributed by atoms with Crippen LogP contribution in [-0.4, -0.2) is 29.0 Å². The van der Waals surface area contributed by atoms with E-state index in [0.717, 1.165) is 12.8 Å². The lowest BCUT2D eigenvalue weighted by molar-refractivity contribution is -0.844. The Kier molecular flexibility index (Phi) is 7.06. The first-order valence-electron chi connectivity index (χ1n) is 4.76. The highest BCUT2D eigenvalue weighted by atomic mass is 17.1. The lowest BCUT2D eigenvalue weighted by atomic mass is 10.3. The largest absolute Gasteiger partial charge is 0.463 e. The maximum Gasteiger partial charge on any atom is 0.362 e. The minimum absolute atomic E-state index is 0.00861. The minimum atomic E-state index is -2.30. The predicted octanol–water partition coefficient (Wildman–Crippen LogP) is 0.462. The van der Waals surface area contributed by atoms with Gasteiger partial charge in [-0.1, -0.05) is 19.8 Å². The van der Waals surface area contributed by atoms with Crippen LogP contribution >= 0.6 is 0 Å². The first-order chi connectivity index (χ1) is 7.97. The maximum atomic E-state index is 11.1. The Morgan fingerprint density at radius 1 is 1.18 bits per heavy atom. The zero-order valence-corrected chi connectivity index (χ0v) is 9.07. The molecule has 0 amide bonds. The zero-order valence-electron chi connectivity index (χ0n) is 9.07. The molecule has 10 nitrogen and oxygen atoms in total. The van der Waals surface area contributed by atoms with Gasteiger partial charge in [0.15, 0.2) is 0 Å². The topological polar surface area (TPSA) is 131 Å². The van der Waals surface area contributed by atoms with E-state index in [0.29, 0.717) is 6.42 Å². The van der Waals surface area contributed by atoms with Crippen molar-refractivity contribution >= 4 is 5.97 Å². The van der Waals surface area contributed by atoms with Gasteiger partial charge >= 0.3 is 12.3 Å². The van der Waals surface area contributed by atoms with Gasteiger partial charge in [-0.25, -0.2) is 4.79 Å². The average Bonchev–Trinajstić information content (AvgIpc) is 2.22. The minimum Gasteiger partial charge on any atom is -0.463 e. The third kappa shape index (κ3) is 7.76. The van der Waals surface area contributed by atoms with Crippen LogP contribution in [0.1, 0.15) is 26.2 Å². The summed E-state index contributed by atoms with van der Waals surface area (Å²) in [6.45, 7) is 1.92. The highest BCUT2D eigenvalue weighted by Gasteiger charge is 2.28. The van der Waals surface area contributed by atoms with Crippen LogP contribution in [-0.2, 0) is 19.2 Å². The molecular weight excluding hydrogens is 240 g/mol. The zero-order chi connectivity index (χ0) is 13.3. The first-order valence-corrected chi connectivity index (χ1v) is 4.76. The summed E-state index contributed by atoms with van der Waals surface area (Å²) in [6.07, 6.45) is -0.0741. The van der Waals surface area contributed by atoms with E-state index in [-0.39, 0.29) is 6.61 Å². The standard InChI is InChI=1S/C7H12N2O8/c1-2-3-4-5-15-6(10)7(16-8(11)12)17-9(13)14/h7H,2-5H2,1H3. The molecule has 0 heterocycles. The number of nitrogens with zero attached hydrogens (tertiary/aromatic N) is 2. The molecule has 17 heavy (non-hydrogen) atoms. The molecule has 0 bridgehead atoms. The van der Waals surface area contributed by atoms with Gasteiger partial charge in [0.05, 0.1) is 6.61 Å². The van der Waals surface area contributed by atoms with E-state index in [2.05, 4.69) is 14.4 Å². The second-order valence-corrected chi connectivity index (χ2v) is 2.86.